The summed E-state index contributed by atoms with van der Waals surface area (Å²) < 4.78 is 13.9. The van der Waals surface area contributed by atoms with Crippen LogP contribution in [0.2, 0.25) is 0 Å². The van der Waals surface area contributed by atoms with Gasteiger partial charge in [0.25, 0.3) is 0 Å². The number of aryl methyl sites for hydroxylation is 1. The van der Waals surface area contributed by atoms with Crippen LogP contribution in [-0.2, 0) is 0 Å². The maximum atomic E-state index is 13.9. The molecule has 1 aromatic rings. The van der Waals surface area contributed by atoms with Crippen molar-refractivity contribution in [1.29, 1.82) is 0 Å². The number of rotatable bonds is 4. The van der Waals surface area contributed by atoms with Crippen LogP contribution in [0.15, 0.2) is 18.2 Å². The van der Waals surface area contributed by atoms with E-state index in [0.29, 0.717) is 12.1 Å². The minimum Gasteiger partial charge on any atom is -0.329 e. The summed E-state index contributed by atoms with van der Waals surface area (Å²) in [4.78, 5) is 2.28. The van der Waals surface area contributed by atoms with Crippen LogP contribution in [0.1, 0.15) is 17.2 Å². The fourth-order valence-electron chi connectivity index (χ4n) is 2.34. The second kappa shape index (κ2) is 6.43. The molecular weight excluding hydrogens is 243 g/mol. The predicted octanol–water partition coefficient (Wildman–Crippen LogP) is 0.886. The number of halogens is 1. The summed E-state index contributed by atoms with van der Waals surface area (Å²) >= 11 is 0. The molecular formula is C14H23FN4. The second-order valence-corrected chi connectivity index (χ2v) is 5.23. The number of hydrogen-bond donors (Lipinski definition) is 2. The Balaban J connectivity index is 2.05. The number of benzene rings is 1. The molecule has 1 aliphatic heterocycles. The van der Waals surface area contributed by atoms with Crippen molar-refractivity contribution < 1.29 is 4.39 Å². The molecule has 19 heavy (non-hydrogen) atoms. The molecule has 106 valence electrons. The fraction of sp³-hybridized carbons (Fsp3) is 0.571. The van der Waals surface area contributed by atoms with Gasteiger partial charge in [0, 0.05) is 38.3 Å². The first-order valence-electron chi connectivity index (χ1n) is 6.76. The van der Waals surface area contributed by atoms with E-state index < -0.39 is 0 Å². The quantitative estimate of drug-likeness (QED) is 0.849. The average molecular weight is 266 g/mol. The van der Waals surface area contributed by atoms with Gasteiger partial charge >= 0.3 is 0 Å². The van der Waals surface area contributed by atoms with E-state index in [0.717, 1.165) is 31.7 Å². The first-order valence-corrected chi connectivity index (χ1v) is 6.76. The first-order chi connectivity index (χ1) is 9.10. The van der Waals surface area contributed by atoms with Gasteiger partial charge in [-0.05, 0) is 20.0 Å². The van der Waals surface area contributed by atoms with Gasteiger partial charge in [0.05, 0.1) is 6.04 Å². The van der Waals surface area contributed by atoms with Gasteiger partial charge in [-0.1, -0.05) is 17.7 Å². The largest absolute Gasteiger partial charge is 0.329 e. The van der Waals surface area contributed by atoms with Gasteiger partial charge in [-0.25, -0.2) is 14.8 Å². The molecule has 0 spiro atoms. The summed E-state index contributed by atoms with van der Waals surface area (Å²) in [5, 5.41) is 2.14. The molecule has 1 aromatic carbocycles. The molecule has 1 aliphatic rings. The Hall–Kier alpha value is -1.01. The number of piperazine rings is 1. The Bertz CT molecular complexity index is 416. The van der Waals surface area contributed by atoms with E-state index in [4.69, 9.17) is 5.73 Å². The third-order valence-corrected chi connectivity index (χ3v) is 3.60. The van der Waals surface area contributed by atoms with Crippen LogP contribution in [0.5, 0.6) is 0 Å². The highest BCUT2D eigenvalue weighted by molar-refractivity contribution is 5.27. The molecule has 0 saturated carbocycles. The van der Waals surface area contributed by atoms with E-state index in [9.17, 15) is 4.39 Å². The smallest absolute Gasteiger partial charge is 0.128 e. The number of likely N-dealkylation sites (N-methyl/N-ethyl adjacent to an activating group) is 1. The lowest BCUT2D eigenvalue weighted by molar-refractivity contribution is 0.0873. The van der Waals surface area contributed by atoms with Crippen molar-refractivity contribution >= 4 is 0 Å². The molecule has 5 heteroatoms. The third kappa shape index (κ3) is 3.73. The molecule has 1 unspecified atom stereocenters. The highest BCUT2D eigenvalue weighted by Gasteiger charge is 2.20. The number of hydrazine groups is 1. The highest BCUT2D eigenvalue weighted by Crippen LogP contribution is 2.18. The van der Waals surface area contributed by atoms with E-state index in [-0.39, 0.29) is 11.9 Å². The van der Waals surface area contributed by atoms with Gasteiger partial charge in [-0.2, -0.15) is 0 Å². The minimum absolute atomic E-state index is 0.164. The van der Waals surface area contributed by atoms with Gasteiger partial charge in [0.15, 0.2) is 0 Å². The van der Waals surface area contributed by atoms with Crippen LogP contribution in [-0.4, -0.2) is 49.7 Å². The third-order valence-electron chi connectivity index (χ3n) is 3.60. The molecule has 4 nitrogen and oxygen atoms in total. The van der Waals surface area contributed by atoms with Crippen LogP contribution < -0.4 is 11.2 Å². The van der Waals surface area contributed by atoms with Crippen molar-refractivity contribution in [1.82, 2.24) is 15.3 Å². The van der Waals surface area contributed by atoms with Crippen LogP contribution >= 0.6 is 0 Å². The molecule has 0 amide bonds. The van der Waals surface area contributed by atoms with E-state index >= 15 is 0 Å². The summed E-state index contributed by atoms with van der Waals surface area (Å²) in [6.45, 7) is 6.24. The van der Waals surface area contributed by atoms with Crippen LogP contribution in [0.25, 0.3) is 0 Å². The molecule has 0 aliphatic carbocycles. The minimum atomic E-state index is -0.192. The Kier molecular flexibility index (Phi) is 4.87. The monoisotopic (exact) mass is 266 g/mol. The maximum Gasteiger partial charge on any atom is 0.128 e. The lowest BCUT2D eigenvalue weighted by Gasteiger charge is -2.35. The van der Waals surface area contributed by atoms with Crippen molar-refractivity contribution in [3.8, 4) is 0 Å². The average Bonchev–Trinajstić information content (AvgIpc) is 2.41. The number of nitrogens with one attached hydrogen (secondary N) is 1. The van der Waals surface area contributed by atoms with Crippen molar-refractivity contribution in [2.45, 2.75) is 13.0 Å². The van der Waals surface area contributed by atoms with Gasteiger partial charge in [0.1, 0.15) is 5.82 Å². The number of nitrogens with two attached hydrogens (primary N) is 1. The zero-order chi connectivity index (χ0) is 13.8. The Morgan fingerprint density at radius 1 is 1.32 bits per heavy atom. The fourth-order valence-corrected chi connectivity index (χ4v) is 2.34. The molecule has 1 fully saturated rings. The molecule has 0 radical (unpaired) electrons. The molecule has 1 heterocycles. The Morgan fingerprint density at radius 3 is 2.63 bits per heavy atom. The Morgan fingerprint density at radius 2 is 2.00 bits per heavy atom. The summed E-state index contributed by atoms with van der Waals surface area (Å²) in [5.41, 5.74) is 10.9. The van der Waals surface area contributed by atoms with E-state index in [1.807, 2.05) is 13.0 Å². The van der Waals surface area contributed by atoms with Crippen molar-refractivity contribution in [3.63, 3.8) is 0 Å². The van der Waals surface area contributed by atoms with Crippen LogP contribution in [0, 0.1) is 12.7 Å². The SMILES string of the molecule is Cc1ccc(F)c(C(CN)NN2CCN(C)CC2)c1. The van der Waals surface area contributed by atoms with Gasteiger partial charge in [-0.3, -0.25) is 0 Å². The summed E-state index contributed by atoms with van der Waals surface area (Å²) in [6, 6.07) is 5.00. The standard InChI is InChI=1S/C14H23FN4/c1-11-3-4-13(15)12(9-11)14(10-16)17-19-7-5-18(2)6-8-19/h3-4,9,14,17H,5-8,10,16H2,1-2H3. The van der Waals surface area contributed by atoms with Gasteiger partial charge < -0.3 is 10.6 Å². The van der Waals surface area contributed by atoms with Crippen molar-refractivity contribution in [2.75, 3.05) is 39.8 Å². The topological polar surface area (TPSA) is 44.5 Å². The van der Waals surface area contributed by atoms with Crippen LogP contribution in [0.3, 0.4) is 0 Å². The first kappa shape index (κ1) is 14.4. The zero-order valence-electron chi connectivity index (χ0n) is 11.7. The van der Waals surface area contributed by atoms with E-state index in [1.54, 1.807) is 6.07 Å². The number of nitrogens with zero attached hydrogens (tertiary/aromatic N) is 2. The molecule has 2 rings (SSSR count). The Labute approximate surface area is 114 Å². The van der Waals surface area contributed by atoms with Gasteiger partial charge in [0.2, 0.25) is 0 Å². The molecule has 3 N–H and O–H groups in total. The van der Waals surface area contributed by atoms with Crippen LogP contribution in [0.4, 0.5) is 4.39 Å². The highest BCUT2D eigenvalue weighted by atomic mass is 19.1. The summed E-state index contributed by atoms with van der Waals surface area (Å²) in [5.74, 6) is -0.192. The second-order valence-electron chi connectivity index (χ2n) is 5.23. The van der Waals surface area contributed by atoms with E-state index in [2.05, 4.69) is 22.4 Å². The van der Waals surface area contributed by atoms with E-state index in [1.165, 1.54) is 6.07 Å². The van der Waals surface area contributed by atoms with Gasteiger partial charge in [-0.15, -0.1) is 0 Å². The molecule has 1 saturated heterocycles. The zero-order valence-corrected chi connectivity index (χ0v) is 11.7. The molecule has 1 atom stereocenters. The summed E-state index contributed by atoms with van der Waals surface area (Å²) in [7, 11) is 2.11. The lowest BCUT2D eigenvalue weighted by atomic mass is 10.0. The molecule has 0 bridgehead atoms. The normalized spacial score (nSPS) is 19.6. The maximum absolute atomic E-state index is 13.9. The molecule has 0 aromatic heterocycles. The lowest BCUT2D eigenvalue weighted by Crippen LogP contribution is -2.52. The van der Waals surface area contributed by atoms with Crippen molar-refractivity contribution in [3.05, 3.63) is 35.1 Å². The summed E-state index contributed by atoms with van der Waals surface area (Å²) in [6.07, 6.45) is 0. The predicted molar refractivity (Wildman–Crippen MR) is 75.1 cm³/mol. The van der Waals surface area contributed by atoms with Crippen molar-refractivity contribution in [2.24, 2.45) is 5.73 Å². The number of hydrogen-bond acceptors (Lipinski definition) is 4.